The largest absolute Gasteiger partial charge is 0.345 e. The van der Waals surface area contributed by atoms with E-state index < -0.39 is 0 Å². The number of aryl methyl sites for hydroxylation is 3. The number of hydrogen-bond acceptors (Lipinski definition) is 1. The van der Waals surface area contributed by atoms with Crippen molar-refractivity contribution < 1.29 is 4.79 Å². The maximum atomic E-state index is 12.3. The van der Waals surface area contributed by atoms with Gasteiger partial charge in [-0.2, -0.15) is 0 Å². The third kappa shape index (κ3) is 3.08. The number of benzene rings is 2. The van der Waals surface area contributed by atoms with Gasteiger partial charge in [0, 0.05) is 5.56 Å². The molecule has 0 spiro atoms. The average Bonchev–Trinajstić information content (AvgIpc) is 2.41. The van der Waals surface area contributed by atoms with Gasteiger partial charge in [0.2, 0.25) is 0 Å². The third-order valence-corrected chi connectivity index (χ3v) is 3.64. The zero-order valence-electron chi connectivity index (χ0n) is 12.5. The molecule has 2 nitrogen and oxygen atoms in total. The van der Waals surface area contributed by atoms with E-state index in [1.54, 1.807) is 0 Å². The molecular formula is C18H21NO. The number of hydrogen-bond donors (Lipinski definition) is 1. The van der Waals surface area contributed by atoms with Gasteiger partial charge in [-0.15, -0.1) is 0 Å². The van der Waals surface area contributed by atoms with Gasteiger partial charge in [-0.05, 0) is 50.5 Å². The molecule has 1 N–H and O–H groups in total. The molecule has 0 bridgehead atoms. The summed E-state index contributed by atoms with van der Waals surface area (Å²) in [4.78, 5) is 12.3. The van der Waals surface area contributed by atoms with Crippen molar-refractivity contribution in [3.8, 4) is 0 Å². The van der Waals surface area contributed by atoms with Gasteiger partial charge in [0.25, 0.3) is 5.91 Å². The van der Waals surface area contributed by atoms with Crippen molar-refractivity contribution in [1.29, 1.82) is 0 Å². The zero-order valence-corrected chi connectivity index (χ0v) is 12.5. The molecule has 0 aromatic heterocycles. The first-order chi connectivity index (χ1) is 9.49. The summed E-state index contributed by atoms with van der Waals surface area (Å²) in [7, 11) is 0. The van der Waals surface area contributed by atoms with E-state index in [9.17, 15) is 4.79 Å². The Morgan fingerprint density at radius 3 is 2.40 bits per heavy atom. The molecule has 0 unspecified atom stereocenters. The van der Waals surface area contributed by atoms with Crippen LogP contribution in [0.5, 0.6) is 0 Å². The molecule has 1 atom stereocenters. The molecule has 0 aliphatic rings. The van der Waals surface area contributed by atoms with Gasteiger partial charge < -0.3 is 5.32 Å². The van der Waals surface area contributed by atoms with E-state index in [0.29, 0.717) is 0 Å². The van der Waals surface area contributed by atoms with Crippen molar-refractivity contribution >= 4 is 5.91 Å². The van der Waals surface area contributed by atoms with Gasteiger partial charge in [-0.25, -0.2) is 0 Å². The van der Waals surface area contributed by atoms with E-state index in [0.717, 1.165) is 11.1 Å². The lowest BCUT2D eigenvalue weighted by atomic mass is 9.99. The molecule has 0 heterocycles. The van der Waals surface area contributed by atoms with Gasteiger partial charge in [-0.1, -0.05) is 42.0 Å². The van der Waals surface area contributed by atoms with Crippen LogP contribution in [0.4, 0.5) is 0 Å². The molecule has 2 heteroatoms. The molecule has 2 aromatic carbocycles. The maximum absolute atomic E-state index is 12.3. The standard InChI is InChI=1S/C18H21NO/c1-12-9-10-14(3)17(11-12)15(4)19-18(20)16-8-6-5-7-13(16)2/h5-11,15H,1-4H3,(H,19,20)/t15-/m1/s1. The molecule has 0 aliphatic heterocycles. The number of nitrogens with one attached hydrogen (secondary N) is 1. The lowest BCUT2D eigenvalue weighted by molar-refractivity contribution is 0.0939. The normalized spacial score (nSPS) is 12.0. The maximum Gasteiger partial charge on any atom is 0.252 e. The van der Waals surface area contributed by atoms with Crippen LogP contribution in [0.15, 0.2) is 42.5 Å². The van der Waals surface area contributed by atoms with Crippen LogP contribution in [-0.2, 0) is 0 Å². The molecule has 1 amide bonds. The summed E-state index contributed by atoms with van der Waals surface area (Å²) in [5.41, 5.74) is 5.32. The Labute approximate surface area is 120 Å². The number of carbonyl (C=O) groups excluding carboxylic acids is 1. The second-order valence-corrected chi connectivity index (χ2v) is 5.37. The molecule has 0 aliphatic carbocycles. The van der Waals surface area contributed by atoms with Crippen molar-refractivity contribution in [2.24, 2.45) is 0 Å². The van der Waals surface area contributed by atoms with Gasteiger partial charge in [0.15, 0.2) is 0 Å². The van der Waals surface area contributed by atoms with Crippen LogP contribution in [0.3, 0.4) is 0 Å². The predicted molar refractivity (Wildman–Crippen MR) is 83.0 cm³/mol. The van der Waals surface area contributed by atoms with Crippen LogP contribution < -0.4 is 5.32 Å². The van der Waals surface area contributed by atoms with E-state index >= 15 is 0 Å². The smallest absolute Gasteiger partial charge is 0.252 e. The number of amides is 1. The fourth-order valence-corrected chi connectivity index (χ4v) is 2.41. The summed E-state index contributed by atoms with van der Waals surface area (Å²) in [5.74, 6) is -0.0171. The first-order valence-corrected chi connectivity index (χ1v) is 6.92. The van der Waals surface area contributed by atoms with E-state index in [1.807, 2.05) is 38.1 Å². The minimum Gasteiger partial charge on any atom is -0.345 e. The van der Waals surface area contributed by atoms with Gasteiger partial charge >= 0.3 is 0 Å². The second kappa shape index (κ2) is 5.91. The lowest BCUT2D eigenvalue weighted by Gasteiger charge is -2.18. The van der Waals surface area contributed by atoms with Crippen LogP contribution in [-0.4, -0.2) is 5.91 Å². The van der Waals surface area contributed by atoms with Gasteiger partial charge in [0.1, 0.15) is 0 Å². The Morgan fingerprint density at radius 1 is 1.00 bits per heavy atom. The molecule has 104 valence electrons. The second-order valence-electron chi connectivity index (χ2n) is 5.37. The minimum atomic E-state index is -0.0171. The zero-order chi connectivity index (χ0) is 14.7. The Bertz CT molecular complexity index is 631. The predicted octanol–water partition coefficient (Wildman–Crippen LogP) is 4.10. The molecule has 20 heavy (non-hydrogen) atoms. The van der Waals surface area contributed by atoms with Crippen molar-refractivity contribution in [2.45, 2.75) is 33.7 Å². The monoisotopic (exact) mass is 267 g/mol. The highest BCUT2D eigenvalue weighted by atomic mass is 16.1. The highest BCUT2D eigenvalue weighted by Gasteiger charge is 2.14. The SMILES string of the molecule is Cc1ccc(C)c([C@@H](C)NC(=O)c2ccccc2C)c1. The van der Waals surface area contributed by atoms with Crippen LogP contribution >= 0.6 is 0 Å². The van der Waals surface area contributed by atoms with Gasteiger partial charge in [0.05, 0.1) is 6.04 Å². The first kappa shape index (κ1) is 14.3. The highest BCUT2D eigenvalue weighted by Crippen LogP contribution is 2.19. The molecule has 2 rings (SSSR count). The lowest BCUT2D eigenvalue weighted by Crippen LogP contribution is -2.27. The summed E-state index contributed by atoms with van der Waals surface area (Å²) < 4.78 is 0. The molecule has 0 fully saturated rings. The minimum absolute atomic E-state index is 0.00186. The quantitative estimate of drug-likeness (QED) is 0.891. The van der Waals surface area contributed by atoms with Crippen molar-refractivity contribution in [3.05, 3.63) is 70.3 Å². The molecule has 0 saturated heterocycles. The van der Waals surface area contributed by atoms with E-state index in [-0.39, 0.29) is 11.9 Å². The van der Waals surface area contributed by atoms with E-state index in [1.165, 1.54) is 16.7 Å². The summed E-state index contributed by atoms with van der Waals surface area (Å²) in [6, 6.07) is 14.0. The van der Waals surface area contributed by atoms with E-state index in [4.69, 9.17) is 0 Å². The summed E-state index contributed by atoms with van der Waals surface area (Å²) in [6.45, 7) is 8.12. The Balaban J connectivity index is 2.19. The summed E-state index contributed by atoms with van der Waals surface area (Å²) >= 11 is 0. The fourth-order valence-electron chi connectivity index (χ4n) is 2.41. The number of carbonyl (C=O) groups is 1. The van der Waals surface area contributed by atoms with Crippen LogP contribution in [0.2, 0.25) is 0 Å². The Hall–Kier alpha value is -2.09. The molecule has 0 saturated carbocycles. The molecule has 2 aromatic rings. The van der Waals surface area contributed by atoms with Crippen molar-refractivity contribution in [2.75, 3.05) is 0 Å². The molecule has 0 radical (unpaired) electrons. The van der Waals surface area contributed by atoms with Crippen molar-refractivity contribution in [1.82, 2.24) is 5.32 Å². The third-order valence-electron chi connectivity index (χ3n) is 3.64. The summed E-state index contributed by atoms with van der Waals surface area (Å²) in [5, 5.41) is 3.08. The molecular weight excluding hydrogens is 246 g/mol. The highest BCUT2D eigenvalue weighted by molar-refractivity contribution is 5.95. The van der Waals surface area contributed by atoms with Gasteiger partial charge in [-0.3, -0.25) is 4.79 Å². The first-order valence-electron chi connectivity index (χ1n) is 6.92. The van der Waals surface area contributed by atoms with E-state index in [2.05, 4.69) is 37.4 Å². The van der Waals surface area contributed by atoms with Crippen LogP contribution in [0, 0.1) is 20.8 Å². The Kier molecular flexibility index (Phi) is 4.23. The fraction of sp³-hybridized carbons (Fsp3) is 0.278. The van der Waals surface area contributed by atoms with Crippen LogP contribution in [0.25, 0.3) is 0 Å². The number of rotatable bonds is 3. The summed E-state index contributed by atoms with van der Waals surface area (Å²) in [6.07, 6.45) is 0. The average molecular weight is 267 g/mol. The van der Waals surface area contributed by atoms with Crippen LogP contribution in [0.1, 0.15) is 45.6 Å². The Morgan fingerprint density at radius 2 is 1.70 bits per heavy atom. The van der Waals surface area contributed by atoms with Crippen molar-refractivity contribution in [3.63, 3.8) is 0 Å². The topological polar surface area (TPSA) is 29.1 Å².